The van der Waals surface area contributed by atoms with Gasteiger partial charge in [0.15, 0.2) is 0 Å². The van der Waals surface area contributed by atoms with Crippen LogP contribution in [-0.2, 0) is 21.5 Å². The summed E-state index contributed by atoms with van der Waals surface area (Å²) in [5.74, 6) is 0. The highest BCUT2D eigenvalue weighted by Crippen LogP contribution is 2.27. The summed E-state index contributed by atoms with van der Waals surface area (Å²) < 4.78 is 36.2. The maximum atomic E-state index is 13.0. The molecular formula is C19H27N3O3S2. The summed E-state index contributed by atoms with van der Waals surface area (Å²) in [7, 11) is -3.41. The van der Waals surface area contributed by atoms with E-state index in [9.17, 15) is 8.42 Å². The number of hydrogen-bond donors (Lipinski definition) is 0. The van der Waals surface area contributed by atoms with Gasteiger partial charge in [0.05, 0.1) is 12.2 Å². The van der Waals surface area contributed by atoms with Gasteiger partial charge in [-0.05, 0) is 36.2 Å². The number of rotatable bonds is 4. The summed E-state index contributed by atoms with van der Waals surface area (Å²) in [4.78, 5) is 2.35. The standard InChI is InChI=1S/C19H27N3O3S2/c1-15-11-22(12-16(2)25-15)27(23,24)21-9-7-20(8-10-21)13-17-14-26-19-6-4-3-5-18(17)19/h3-6,14-16H,7-13H2,1-2H3/t15-,16-/m0/s1. The topological polar surface area (TPSA) is 53.1 Å². The Hall–Kier alpha value is -1.03. The Balaban J connectivity index is 1.38. The first-order valence-corrected chi connectivity index (χ1v) is 11.8. The van der Waals surface area contributed by atoms with E-state index in [0.717, 1.165) is 19.6 Å². The first-order valence-electron chi connectivity index (χ1n) is 9.51. The summed E-state index contributed by atoms with van der Waals surface area (Å²) in [6.45, 7) is 8.24. The lowest BCUT2D eigenvalue weighted by atomic mass is 10.1. The van der Waals surface area contributed by atoms with Gasteiger partial charge in [-0.15, -0.1) is 11.3 Å². The van der Waals surface area contributed by atoms with Crippen molar-refractivity contribution < 1.29 is 13.2 Å². The van der Waals surface area contributed by atoms with Gasteiger partial charge < -0.3 is 4.74 Å². The number of morpholine rings is 1. The largest absolute Gasteiger partial charge is 0.373 e. The summed E-state index contributed by atoms with van der Waals surface area (Å²) in [5.41, 5.74) is 1.34. The average Bonchev–Trinajstić information content (AvgIpc) is 3.04. The monoisotopic (exact) mass is 409 g/mol. The van der Waals surface area contributed by atoms with Crippen molar-refractivity contribution in [3.05, 3.63) is 35.2 Å². The molecule has 1 aromatic carbocycles. The molecule has 148 valence electrons. The third kappa shape index (κ3) is 4.06. The zero-order valence-electron chi connectivity index (χ0n) is 15.9. The first-order chi connectivity index (χ1) is 12.9. The van der Waals surface area contributed by atoms with Crippen LogP contribution in [0.1, 0.15) is 19.4 Å². The number of hydrogen-bond acceptors (Lipinski definition) is 5. The molecule has 4 rings (SSSR count). The fourth-order valence-corrected chi connectivity index (χ4v) is 6.70. The Morgan fingerprint density at radius 3 is 2.41 bits per heavy atom. The van der Waals surface area contributed by atoms with E-state index in [1.165, 1.54) is 15.6 Å². The van der Waals surface area contributed by atoms with Crippen LogP contribution < -0.4 is 0 Å². The molecule has 27 heavy (non-hydrogen) atoms. The first kappa shape index (κ1) is 19.3. The highest BCUT2D eigenvalue weighted by Gasteiger charge is 2.36. The quantitative estimate of drug-likeness (QED) is 0.778. The lowest BCUT2D eigenvalue weighted by Crippen LogP contribution is -2.56. The molecule has 0 radical (unpaired) electrons. The highest BCUT2D eigenvalue weighted by atomic mass is 32.2. The number of ether oxygens (including phenoxy) is 1. The van der Waals surface area contributed by atoms with Gasteiger partial charge in [-0.3, -0.25) is 4.90 Å². The van der Waals surface area contributed by atoms with E-state index in [0.29, 0.717) is 26.2 Å². The lowest BCUT2D eigenvalue weighted by molar-refractivity contribution is -0.0457. The second-order valence-electron chi connectivity index (χ2n) is 7.51. The van der Waals surface area contributed by atoms with E-state index in [2.05, 4.69) is 34.5 Å². The van der Waals surface area contributed by atoms with Gasteiger partial charge in [0.2, 0.25) is 0 Å². The van der Waals surface area contributed by atoms with Crippen LogP contribution in [0, 0.1) is 0 Å². The van der Waals surface area contributed by atoms with Crippen LogP contribution in [0.3, 0.4) is 0 Å². The second kappa shape index (κ2) is 7.77. The minimum atomic E-state index is -3.41. The molecule has 0 bridgehead atoms. The third-order valence-electron chi connectivity index (χ3n) is 5.33. The molecule has 0 N–H and O–H groups in total. The Morgan fingerprint density at radius 2 is 1.70 bits per heavy atom. The van der Waals surface area contributed by atoms with E-state index in [-0.39, 0.29) is 12.2 Å². The second-order valence-corrected chi connectivity index (χ2v) is 10.4. The molecular weight excluding hydrogens is 382 g/mol. The average molecular weight is 410 g/mol. The Labute approximate surface area is 165 Å². The van der Waals surface area contributed by atoms with Crippen LogP contribution in [0.15, 0.2) is 29.6 Å². The summed E-state index contributed by atoms with van der Waals surface area (Å²) >= 11 is 1.77. The highest BCUT2D eigenvalue weighted by molar-refractivity contribution is 7.86. The van der Waals surface area contributed by atoms with Crippen LogP contribution in [0.2, 0.25) is 0 Å². The zero-order chi connectivity index (χ0) is 19.0. The molecule has 0 unspecified atom stereocenters. The lowest BCUT2D eigenvalue weighted by Gasteiger charge is -2.40. The maximum Gasteiger partial charge on any atom is 0.282 e. The van der Waals surface area contributed by atoms with Crippen molar-refractivity contribution in [2.45, 2.75) is 32.6 Å². The molecule has 0 saturated carbocycles. The number of benzene rings is 1. The van der Waals surface area contributed by atoms with Crippen molar-refractivity contribution in [2.75, 3.05) is 39.3 Å². The molecule has 2 aliphatic heterocycles. The molecule has 2 saturated heterocycles. The van der Waals surface area contributed by atoms with E-state index in [4.69, 9.17) is 4.74 Å². The van der Waals surface area contributed by atoms with Crippen molar-refractivity contribution in [1.29, 1.82) is 0 Å². The SMILES string of the molecule is C[C@H]1CN(S(=O)(=O)N2CCN(Cc3csc4ccccc34)CC2)C[C@H](C)O1. The van der Waals surface area contributed by atoms with Crippen LogP contribution >= 0.6 is 11.3 Å². The van der Waals surface area contributed by atoms with Crippen molar-refractivity contribution in [3.63, 3.8) is 0 Å². The predicted molar refractivity (Wildman–Crippen MR) is 109 cm³/mol. The van der Waals surface area contributed by atoms with Crippen molar-refractivity contribution in [3.8, 4) is 0 Å². The molecule has 2 fully saturated rings. The molecule has 2 aromatic rings. The van der Waals surface area contributed by atoms with Crippen molar-refractivity contribution in [1.82, 2.24) is 13.5 Å². The van der Waals surface area contributed by atoms with Crippen LogP contribution in [-0.4, -0.2) is 73.4 Å². The van der Waals surface area contributed by atoms with Gasteiger partial charge in [0.25, 0.3) is 10.2 Å². The minimum absolute atomic E-state index is 0.0586. The van der Waals surface area contributed by atoms with Gasteiger partial charge in [-0.25, -0.2) is 0 Å². The molecule has 0 spiro atoms. The third-order valence-corrected chi connectivity index (χ3v) is 8.31. The minimum Gasteiger partial charge on any atom is -0.373 e. The van der Waals surface area contributed by atoms with E-state index in [1.54, 1.807) is 19.9 Å². The smallest absolute Gasteiger partial charge is 0.282 e. The number of piperazine rings is 1. The Bertz CT molecular complexity index is 880. The fourth-order valence-electron chi connectivity index (χ4n) is 4.00. The fraction of sp³-hybridized carbons (Fsp3) is 0.579. The van der Waals surface area contributed by atoms with Gasteiger partial charge in [0.1, 0.15) is 0 Å². The van der Waals surface area contributed by atoms with Gasteiger partial charge >= 0.3 is 0 Å². The van der Waals surface area contributed by atoms with E-state index >= 15 is 0 Å². The van der Waals surface area contributed by atoms with Crippen LogP contribution in [0.4, 0.5) is 0 Å². The number of thiophene rings is 1. The molecule has 2 aliphatic rings. The number of nitrogens with zero attached hydrogens (tertiary/aromatic N) is 3. The van der Waals surface area contributed by atoms with Gasteiger partial charge in [-0.2, -0.15) is 17.0 Å². The Morgan fingerprint density at radius 1 is 1.04 bits per heavy atom. The molecule has 1 aromatic heterocycles. The Kier molecular flexibility index (Phi) is 5.55. The molecule has 6 nitrogen and oxygen atoms in total. The van der Waals surface area contributed by atoms with Gasteiger partial charge in [0, 0.05) is 50.5 Å². The summed E-state index contributed by atoms with van der Waals surface area (Å²) in [5, 5.41) is 3.54. The molecule has 2 atom stereocenters. The zero-order valence-corrected chi connectivity index (χ0v) is 17.5. The maximum absolute atomic E-state index is 13.0. The molecule has 8 heteroatoms. The predicted octanol–water partition coefficient (Wildman–Crippen LogP) is 2.37. The van der Waals surface area contributed by atoms with Crippen LogP contribution in [0.5, 0.6) is 0 Å². The van der Waals surface area contributed by atoms with Crippen molar-refractivity contribution >= 4 is 31.6 Å². The summed E-state index contributed by atoms with van der Waals surface area (Å²) in [6.07, 6.45) is -0.117. The number of fused-ring (bicyclic) bond motifs is 1. The van der Waals surface area contributed by atoms with E-state index in [1.807, 2.05) is 13.8 Å². The summed E-state index contributed by atoms with van der Waals surface area (Å²) in [6, 6.07) is 8.47. The van der Waals surface area contributed by atoms with Crippen molar-refractivity contribution in [2.24, 2.45) is 0 Å². The molecule has 0 aliphatic carbocycles. The molecule has 3 heterocycles. The van der Waals surface area contributed by atoms with Crippen LogP contribution in [0.25, 0.3) is 10.1 Å². The normalized spacial score (nSPS) is 26.6. The van der Waals surface area contributed by atoms with Gasteiger partial charge in [-0.1, -0.05) is 18.2 Å². The molecule has 0 amide bonds. The van der Waals surface area contributed by atoms with E-state index < -0.39 is 10.2 Å².